The summed E-state index contributed by atoms with van der Waals surface area (Å²) in [6.07, 6.45) is 4.39. The van der Waals surface area contributed by atoms with E-state index in [2.05, 4.69) is 10.3 Å². The fraction of sp³-hybridized carbons (Fsp3) is 0.500. The molecule has 6 nitrogen and oxygen atoms in total. The van der Waals surface area contributed by atoms with Gasteiger partial charge in [-0.1, -0.05) is 19.4 Å². The van der Waals surface area contributed by atoms with E-state index in [0.717, 1.165) is 5.56 Å². The minimum atomic E-state index is -1.24. The molecule has 6 heteroatoms. The number of carbonyl (C=O) groups is 2. The van der Waals surface area contributed by atoms with E-state index in [1.54, 1.807) is 25.5 Å². The Kier molecular flexibility index (Phi) is 5.49. The molecule has 0 saturated carbocycles. The van der Waals surface area contributed by atoms with Gasteiger partial charge in [0.05, 0.1) is 0 Å². The van der Waals surface area contributed by atoms with Gasteiger partial charge in [-0.05, 0) is 25.0 Å². The molecule has 110 valence electrons. The third-order valence-corrected chi connectivity index (χ3v) is 3.09. The maximum Gasteiger partial charge on any atom is 0.329 e. The molecular weight excluding hydrogens is 258 g/mol. The largest absolute Gasteiger partial charge is 0.480 e. The minimum Gasteiger partial charge on any atom is -0.480 e. The van der Waals surface area contributed by atoms with Crippen molar-refractivity contribution in [3.8, 4) is 0 Å². The van der Waals surface area contributed by atoms with E-state index in [1.807, 2.05) is 13.0 Å². The molecule has 1 aromatic rings. The van der Waals surface area contributed by atoms with Crippen molar-refractivity contribution in [1.82, 2.24) is 15.2 Å². The number of pyridine rings is 1. The SMILES string of the molecule is CCCC(C)(NC(=O)N(C)Cc1cccnc1)C(=O)O. The topological polar surface area (TPSA) is 82.5 Å². The van der Waals surface area contributed by atoms with E-state index in [-0.39, 0.29) is 0 Å². The summed E-state index contributed by atoms with van der Waals surface area (Å²) in [6, 6.07) is 3.24. The number of carboxylic acid groups (broad SMARTS) is 1. The summed E-state index contributed by atoms with van der Waals surface area (Å²) < 4.78 is 0. The van der Waals surface area contributed by atoms with Crippen molar-refractivity contribution in [2.45, 2.75) is 38.8 Å². The number of rotatable bonds is 6. The molecule has 20 heavy (non-hydrogen) atoms. The minimum absolute atomic E-state index is 0.376. The van der Waals surface area contributed by atoms with Gasteiger partial charge in [-0.15, -0.1) is 0 Å². The second-order valence-electron chi connectivity index (χ2n) is 5.03. The smallest absolute Gasteiger partial charge is 0.329 e. The third-order valence-electron chi connectivity index (χ3n) is 3.09. The van der Waals surface area contributed by atoms with E-state index >= 15 is 0 Å². The lowest BCUT2D eigenvalue weighted by molar-refractivity contribution is -0.144. The van der Waals surface area contributed by atoms with Crippen LogP contribution in [0.3, 0.4) is 0 Å². The van der Waals surface area contributed by atoms with E-state index in [1.165, 1.54) is 11.8 Å². The molecule has 2 N–H and O–H groups in total. The number of hydrogen-bond donors (Lipinski definition) is 2. The van der Waals surface area contributed by atoms with Crippen molar-refractivity contribution in [2.24, 2.45) is 0 Å². The van der Waals surface area contributed by atoms with Gasteiger partial charge in [0.1, 0.15) is 5.54 Å². The summed E-state index contributed by atoms with van der Waals surface area (Å²) in [6.45, 7) is 3.78. The Morgan fingerprint density at radius 1 is 1.50 bits per heavy atom. The number of carbonyl (C=O) groups excluding carboxylic acids is 1. The zero-order valence-corrected chi connectivity index (χ0v) is 12.1. The molecule has 1 atom stereocenters. The van der Waals surface area contributed by atoms with Crippen LogP contribution in [-0.4, -0.2) is 39.6 Å². The monoisotopic (exact) mass is 279 g/mol. The zero-order valence-electron chi connectivity index (χ0n) is 12.1. The second-order valence-corrected chi connectivity index (χ2v) is 5.03. The molecule has 0 aliphatic rings. The van der Waals surface area contributed by atoms with Gasteiger partial charge in [-0.25, -0.2) is 9.59 Å². The van der Waals surface area contributed by atoms with Crippen LogP contribution in [0.2, 0.25) is 0 Å². The summed E-state index contributed by atoms with van der Waals surface area (Å²) in [5.41, 5.74) is -0.354. The van der Waals surface area contributed by atoms with Crippen molar-refractivity contribution < 1.29 is 14.7 Å². The molecule has 1 heterocycles. The average Bonchev–Trinajstić information content (AvgIpc) is 2.39. The van der Waals surface area contributed by atoms with Crippen LogP contribution in [0, 0.1) is 0 Å². The number of nitrogens with zero attached hydrogens (tertiary/aromatic N) is 2. The Morgan fingerprint density at radius 2 is 2.20 bits per heavy atom. The molecule has 0 fully saturated rings. The normalized spacial score (nSPS) is 13.3. The molecule has 1 aromatic heterocycles. The van der Waals surface area contributed by atoms with Gasteiger partial charge in [-0.3, -0.25) is 4.98 Å². The van der Waals surface area contributed by atoms with Gasteiger partial charge in [0.15, 0.2) is 0 Å². The highest BCUT2D eigenvalue weighted by atomic mass is 16.4. The molecule has 0 aliphatic heterocycles. The first-order valence-corrected chi connectivity index (χ1v) is 6.54. The first-order valence-electron chi connectivity index (χ1n) is 6.54. The summed E-state index contributed by atoms with van der Waals surface area (Å²) >= 11 is 0. The van der Waals surface area contributed by atoms with Gasteiger partial charge in [-0.2, -0.15) is 0 Å². The molecular formula is C14H21N3O3. The van der Waals surface area contributed by atoms with Gasteiger partial charge in [0.25, 0.3) is 0 Å². The fourth-order valence-corrected chi connectivity index (χ4v) is 1.89. The number of nitrogens with one attached hydrogen (secondary N) is 1. The van der Waals surface area contributed by atoms with Gasteiger partial charge in [0, 0.05) is 26.0 Å². The van der Waals surface area contributed by atoms with Crippen molar-refractivity contribution in [2.75, 3.05) is 7.05 Å². The van der Waals surface area contributed by atoms with Crippen LogP contribution in [0.5, 0.6) is 0 Å². The predicted molar refractivity (Wildman–Crippen MR) is 75.2 cm³/mol. The molecule has 0 bridgehead atoms. The van der Waals surface area contributed by atoms with Gasteiger partial charge < -0.3 is 15.3 Å². The van der Waals surface area contributed by atoms with Crippen LogP contribution in [0.4, 0.5) is 4.79 Å². The molecule has 0 radical (unpaired) electrons. The van der Waals surface area contributed by atoms with Crippen molar-refractivity contribution >= 4 is 12.0 Å². The first kappa shape index (κ1) is 15.9. The lowest BCUT2D eigenvalue weighted by Crippen LogP contribution is -2.55. The number of aliphatic carboxylic acids is 1. The van der Waals surface area contributed by atoms with Crippen LogP contribution in [0.1, 0.15) is 32.3 Å². The van der Waals surface area contributed by atoms with E-state index in [0.29, 0.717) is 19.4 Å². The molecule has 1 rings (SSSR count). The lowest BCUT2D eigenvalue weighted by atomic mass is 9.96. The van der Waals surface area contributed by atoms with Crippen LogP contribution in [0.25, 0.3) is 0 Å². The maximum absolute atomic E-state index is 12.1. The van der Waals surface area contributed by atoms with Crippen LogP contribution in [0.15, 0.2) is 24.5 Å². The van der Waals surface area contributed by atoms with Crippen molar-refractivity contribution in [3.63, 3.8) is 0 Å². The molecule has 2 amide bonds. The maximum atomic E-state index is 12.1. The van der Waals surface area contributed by atoms with Crippen molar-refractivity contribution in [3.05, 3.63) is 30.1 Å². The van der Waals surface area contributed by atoms with E-state index in [4.69, 9.17) is 0 Å². The van der Waals surface area contributed by atoms with Crippen LogP contribution < -0.4 is 5.32 Å². The second kappa shape index (κ2) is 6.88. The fourth-order valence-electron chi connectivity index (χ4n) is 1.89. The predicted octanol–water partition coefficient (Wildman–Crippen LogP) is 1.87. The van der Waals surface area contributed by atoms with E-state index < -0.39 is 17.5 Å². The Bertz CT molecular complexity index is 464. The number of urea groups is 1. The van der Waals surface area contributed by atoms with Crippen molar-refractivity contribution in [1.29, 1.82) is 0 Å². The van der Waals surface area contributed by atoms with Crippen LogP contribution in [-0.2, 0) is 11.3 Å². The highest BCUT2D eigenvalue weighted by Gasteiger charge is 2.34. The van der Waals surface area contributed by atoms with E-state index in [9.17, 15) is 14.7 Å². The Hall–Kier alpha value is -2.11. The highest BCUT2D eigenvalue weighted by Crippen LogP contribution is 2.13. The molecule has 0 spiro atoms. The number of aromatic nitrogens is 1. The van der Waals surface area contributed by atoms with Gasteiger partial charge >= 0.3 is 12.0 Å². The first-order chi connectivity index (χ1) is 9.39. The molecule has 1 unspecified atom stereocenters. The zero-order chi connectivity index (χ0) is 15.2. The lowest BCUT2D eigenvalue weighted by Gasteiger charge is -2.28. The Labute approximate surface area is 118 Å². The summed E-state index contributed by atoms with van der Waals surface area (Å²) in [4.78, 5) is 28.8. The molecule has 0 aromatic carbocycles. The number of carboxylic acids is 1. The molecule has 0 saturated heterocycles. The Morgan fingerprint density at radius 3 is 2.70 bits per heavy atom. The van der Waals surface area contributed by atoms with Gasteiger partial charge in [0.2, 0.25) is 0 Å². The quantitative estimate of drug-likeness (QED) is 0.832. The standard InChI is InChI=1S/C14H21N3O3/c1-4-7-14(2,12(18)19)16-13(20)17(3)10-11-6-5-8-15-9-11/h5-6,8-9H,4,7,10H2,1-3H3,(H,16,20)(H,18,19). The summed E-state index contributed by atoms with van der Waals surface area (Å²) in [5.74, 6) is -1.03. The highest BCUT2D eigenvalue weighted by molar-refractivity contribution is 5.85. The number of hydrogen-bond acceptors (Lipinski definition) is 3. The Balaban J connectivity index is 2.67. The molecule has 0 aliphatic carbocycles. The summed E-state index contributed by atoms with van der Waals surface area (Å²) in [5, 5.41) is 11.8. The third kappa shape index (κ3) is 4.22. The summed E-state index contributed by atoms with van der Waals surface area (Å²) in [7, 11) is 1.62. The average molecular weight is 279 g/mol. The number of amides is 2. The van der Waals surface area contributed by atoms with Crippen LogP contribution >= 0.6 is 0 Å².